The number of benzene rings is 1. The lowest BCUT2D eigenvalue weighted by molar-refractivity contribution is 0.0696. The molecule has 1 heterocycles. The van der Waals surface area contributed by atoms with Gasteiger partial charge in [0.05, 0.1) is 15.5 Å². The Hall–Kier alpha value is -1.51. The van der Waals surface area contributed by atoms with Gasteiger partial charge in [-0.05, 0) is 40.2 Å². The minimum atomic E-state index is -3.92. The third kappa shape index (κ3) is 2.97. The molecule has 1 aromatic carbocycles. The van der Waals surface area contributed by atoms with Crippen molar-refractivity contribution in [3.05, 3.63) is 51.7 Å². The van der Waals surface area contributed by atoms with Gasteiger partial charge in [-0.2, -0.15) is 8.42 Å². The first kappa shape index (κ1) is 14.9. The molecule has 20 heavy (non-hydrogen) atoms. The lowest BCUT2D eigenvalue weighted by Crippen LogP contribution is -2.22. The molecule has 0 aliphatic rings. The molecule has 0 unspecified atom stereocenters. The molecular formula is C11H8BrClN2O4S. The molecule has 0 bridgehead atoms. The highest BCUT2D eigenvalue weighted by Crippen LogP contribution is 2.30. The van der Waals surface area contributed by atoms with Crippen LogP contribution in [0.4, 0.5) is 0 Å². The number of hydrogen-bond acceptors (Lipinski definition) is 3. The van der Waals surface area contributed by atoms with Crippen LogP contribution in [0.5, 0.6) is 0 Å². The van der Waals surface area contributed by atoms with Gasteiger partial charge in [0, 0.05) is 16.9 Å². The number of rotatable bonds is 4. The Morgan fingerprint density at radius 2 is 1.90 bits per heavy atom. The number of carboxylic acids is 1. The molecular weight excluding hydrogens is 372 g/mol. The average Bonchev–Trinajstić information content (AvgIpc) is 2.83. The Kier molecular flexibility index (Phi) is 4.07. The second-order valence-electron chi connectivity index (χ2n) is 3.76. The first-order valence-electron chi connectivity index (χ1n) is 5.19. The van der Waals surface area contributed by atoms with Crippen molar-refractivity contribution in [2.75, 3.05) is 4.83 Å². The Balaban J connectivity index is 2.49. The quantitative estimate of drug-likeness (QED) is 0.854. The van der Waals surface area contributed by atoms with Crippen molar-refractivity contribution in [2.45, 2.75) is 4.90 Å². The fourth-order valence-electron chi connectivity index (χ4n) is 1.46. The van der Waals surface area contributed by atoms with Gasteiger partial charge < -0.3 is 5.11 Å². The van der Waals surface area contributed by atoms with Crippen molar-refractivity contribution in [1.82, 2.24) is 4.68 Å². The van der Waals surface area contributed by atoms with Crippen LogP contribution in [0.15, 0.2) is 46.0 Å². The SMILES string of the molecule is O=C(O)c1cc(S(=O)(=O)Nn2cccc2)cc(Br)c1Cl. The molecule has 2 N–H and O–H groups in total. The van der Waals surface area contributed by atoms with Crippen LogP contribution in [0.3, 0.4) is 0 Å². The van der Waals surface area contributed by atoms with E-state index in [-0.39, 0.29) is 20.0 Å². The normalized spacial score (nSPS) is 11.3. The van der Waals surface area contributed by atoms with Crippen LogP contribution in [-0.2, 0) is 10.0 Å². The molecule has 6 nitrogen and oxygen atoms in total. The molecule has 106 valence electrons. The maximum Gasteiger partial charge on any atom is 0.337 e. The van der Waals surface area contributed by atoms with Gasteiger partial charge in [0.25, 0.3) is 10.0 Å². The molecule has 0 aliphatic heterocycles. The van der Waals surface area contributed by atoms with E-state index >= 15 is 0 Å². The van der Waals surface area contributed by atoms with Crippen molar-refractivity contribution in [3.8, 4) is 0 Å². The average molecular weight is 380 g/mol. The molecule has 9 heteroatoms. The molecule has 1 aromatic heterocycles. The minimum Gasteiger partial charge on any atom is -0.478 e. The van der Waals surface area contributed by atoms with E-state index < -0.39 is 16.0 Å². The summed E-state index contributed by atoms with van der Waals surface area (Å²) >= 11 is 8.85. The summed E-state index contributed by atoms with van der Waals surface area (Å²) in [5.74, 6) is -1.31. The summed E-state index contributed by atoms with van der Waals surface area (Å²) in [5, 5.41) is 8.95. The summed E-state index contributed by atoms with van der Waals surface area (Å²) in [6.07, 6.45) is 3.00. The molecule has 0 amide bonds. The zero-order valence-electron chi connectivity index (χ0n) is 9.75. The van der Waals surface area contributed by atoms with E-state index in [4.69, 9.17) is 16.7 Å². The van der Waals surface area contributed by atoms with Gasteiger partial charge in [-0.3, -0.25) is 4.68 Å². The third-order valence-electron chi connectivity index (χ3n) is 2.37. The van der Waals surface area contributed by atoms with Crippen molar-refractivity contribution >= 4 is 43.5 Å². The molecule has 0 aliphatic carbocycles. The Labute approximate surface area is 128 Å². The first-order valence-corrected chi connectivity index (χ1v) is 7.85. The summed E-state index contributed by atoms with van der Waals surface area (Å²) in [7, 11) is -3.92. The van der Waals surface area contributed by atoms with Gasteiger partial charge in [-0.15, -0.1) is 0 Å². The summed E-state index contributed by atoms with van der Waals surface area (Å²) in [5.41, 5.74) is -0.297. The van der Waals surface area contributed by atoms with Crippen LogP contribution in [0, 0.1) is 0 Å². The number of nitrogens with one attached hydrogen (secondary N) is 1. The van der Waals surface area contributed by atoms with Crippen LogP contribution >= 0.6 is 27.5 Å². The highest BCUT2D eigenvalue weighted by Gasteiger charge is 2.21. The van der Waals surface area contributed by atoms with E-state index in [1.807, 2.05) is 0 Å². The molecule has 0 radical (unpaired) electrons. The summed E-state index contributed by atoms with van der Waals surface area (Å²) in [4.78, 5) is 13.1. The van der Waals surface area contributed by atoms with Crippen LogP contribution in [0.25, 0.3) is 0 Å². The lowest BCUT2D eigenvalue weighted by Gasteiger charge is -2.11. The zero-order chi connectivity index (χ0) is 14.9. The number of nitrogens with zero attached hydrogens (tertiary/aromatic N) is 1. The Bertz CT molecular complexity index is 759. The Morgan fingerprint density at radius 3 is 2.45 bits per heavy atom. The number of aromatic carboxylic acids is 1. The van der Waals surface area contributed by atoms with Gasteiger partial charge in [-0.1, -0.05) is 11.6 Å². The van der Waals surface area contributed by atoms with E-state index in [1.54, 1.807) is 12.1 Å². The van der Waals surface area contributed by atoms with Crippen molar-refractivity contribution in [3.63, 3.8) is 0 Å². The maximum absolute atomic E-state index is 12.1. The van der Waals surface area contributed by atoms with E-state index in [0.717, 1.165) is 6.07 Å². The molecule has 0 saturated carbocycles. The third-order valence-corrected chi connectivity index (χ3v) is 4.94. The number of hydrogen-bond donors (Lipinski definition) is 2. The van der Waals surface area contributed by atoms with Crippen molar-refractivity contribution < 1.29 is 18.3 Å². The highest BCUT2D eigenvalue weighted by molar-refractivity contribution is 9.10. The molecule has 0 saturated heterocycles. The number of halogens is 2. The van der Waals surface area contributed by atoms with Crippen molar-refractivity contribution in [1.29, 1.82) is 0 Å². The summed E-state index contributed by atoms with van der Waals surface area (Å²) in [6.45, 7) is 0. The topological polar surface area (TPSA) is 88.4 Å². The number of carbonyl (C=O) groups is 1. The molecule has 0 spiro atoms. The fourth-order valence-corrected chi connectivity index (χ4v) is 3.31. The zero-order valence-corrected chi connectivity index (χ0v) is 12.9. The molecule has 0 atom stereocenters. The van der Waals surface area contributed by atoms with Crippen LogP contribution < -0.4 is 4.83 Å². The molecule has 0 fully saturated rings. The predicted molar refractivity (Wildman–Crippen MR) is 77.1 cm³/mol. The fraction of sp³-hybridized carbons (Fsp3) is 0. The molecule has 2 rings (SSSR count). The van der Waals surface area contributed by atoms with Crippen LogP contribution in [0.1, 0.15) is 10.4 Å². The maximum atomic E-state index is 12.1. The van der Waals surface area contributed by atoms with Gasteiger partial charge in [0.15, 0.2) is 0 Å². The van der Waals surface area contributed by atoms with Gasteiger partial charge in [0.1, 0.15) is 0 Å². The lowest BCUT2D eigenvalue weighted by atomic mass is 10.2. The van der Waals surface area contributed by atoms with E-state index in [2.05, 4.69) is 20.8 Å². The smallest absolute Gasteiger partial charge is 0.337 e. The van der Waals surface area contributed by atoms with Gasteiger partial charge >= 0.3 is 5.97 Å². The standard InChI is InChI=1S/C11H8BrClN2O4S/c12-9-6-7(5-8(10(9)13)11(16)17)20(18,19)14-15-3-1-2-4-15/h1-6,14H,(H,16,17). The highest BCUT2D eigenvalue weighted by atomic mass is 79.9. The second-order valence-corrected chi connectivity index (χ2v) is 6.65. The predicted octanol–water partition coefficient (Wildman–Crippen LogP) is 2.53. The first-order chi connectivity index (χ1) is 9.31. The number of aromatic nitrogens is 1. The van der Waals surface area contributed by atoms with Crippen LogP contribution in [0.2, 0.25) is 5.02 Å². The minimum absolute atomic E-state index is 0.0579. The molecule has 2 aromatic rings. The van der Waals surface area contributed by atoms with Gasteiger partial charge in [0.2, 0.25) is 0 Å². The number of carboxylic acid groups (broad SMARTS) is 1. The van der Waals surface area contributed by atoms with E-state index in [0.29, 0.717) is 0 Å². The monoisotopic (exact) mass is 378 g/mol. The van der Waals surface area contributed by atoms with Gasteiger partial charge in [-0.25, -0.2) is 9.63 Å². The van der Waals surface area contributed by atoms with E-state index in [9.17, 15) is 13.2 Å². The largest absolute Gasteiger partial charge is 0.478 e. The Morgan fingerprint density at radius 1 is 1.30 bits per heavy atom. The summed E-state index contributed by atoms with van der Waals surface area (Å²) in [6, 6.07) is 5.52. The van der Waals surface area contributed by atoms with Crippen LogP contribution in [-0.4, -0.2) is 24.2 Å². The number of sulfonamides is 1. The summed E-state index contributed by atoms with van der Waals surface area (Å²) < 4.78 is 25.7. The van der Waals surface area contributed by atoms with E-state index in [1.165, 1.54) is 23.1 Å². The van der Waals surface area contributed by atoms with Crippen molar-refractivity contribution in [2.24, 2.45) is 0 Å². The second kappa shape index (κ2) is 5.47.